The van der Waals surface area contributed by atoms with Crippen LogP contribution in [0.2, 0.25) is 0 Å². The first-order valence-corrected chi connectivity index (χ1v) is 7.40. The average molecular weight is 278 g/mol. The van der Waals surface area contributed by atoms with Crippen LogP contribution in [-0.2, 0) is 0 Å². The number of piperidine rings is 1. The quantitative estimate of drug-likeness (QED) is 0.831. The molecule has 0 amide bonds. The van der Waals surface area contributed by atoms with Gasteiger partial charge in [-0.25, -0.2) is 0 Å². The van der Waals surface area contributed by atoms with Crippen molar-refractivity contribution in [1.82, 2.24) is 10.2 Å². The van der Waals surface area contributed by atoms with Crippen LogP contribution >= 0.6 is 0 Å². The molecule has 2 saturated heterocycles. The molecule has 1 N–H and O–H groups in total. The average Bonchev–Trinajstić information content (AvgIpc) is 2.62. The number of fused-ring (bicyclic) bond motifs is 2. The van der Waals surface area contributed by atoms with E-state index in [0.29, 0.717) is 24.5 Å². The lowest BCUT2D eigenvalue weighted by atomic mass is 9.89. The summed E-state index contributed by atoms with van der Waals surface area (Å²) >= 11 is 0. The van der Waals surface area contributed by atoms with E-state index < -0.39 is 12.7 Å². The molecule has 5 heteroatoms. The van der Waals surface area contributed by atoms with Crippen LogP contribution in [0.15, 0.2) is 0 Å². The van der Waals surface area contributed by atoms with Crippen LogP contribution in [0, 0.1) is 5.92 Å². The third-order valence-electron chi connectivity index (χ3n) is 4.51. The predicted octanol–water partition coefficient (Wildman–Crippen LogP) is 3.18. The lowest BCUT2D eigenvalue weighted by Crippen LogP contribution is -2.42. The zero-order valence-electron chi connectivity index (χ0n) is 11.8. The van der Waals surface area contributed by atoms with E-state index in [0.717, 1.165) is 19.3 Å². The van der Waals surface area contributed by atoms with E-state index in [2.05, 4.69) is 5.32 Å². The Balaban J connectivity index is 1.78. The number of hydrogen-bond donors (Lipinski definition) is 1. The molecule has 2 nitrogen and oxygen atoms in total. The fraction of sp³-hybridized carbons (Fsp3) is 1.00. The summed E-state index contributed by atoms with van der Waals surface area (Å²) in [5, 5.41) is 3.58. The normalized spacial score (nSPS) is 31.4. The van der Waals surface area contributed by atoms with Crippen molar-refractivity contribution in [3.05, 3.63) is 0 Å². The molecule has 2 unspecified atom stereocenters. The van der Waals surface area contributed by atoms with Gasteiger partial charge in [-0.3, -0.25) is 4.90 Å². The van der Waals surface area contributed by atoms with Crippen LogP contribution in [0.4, 0.5) is 13.2 Å². The highest BCUT2D eigenvalue weighted by Gasteiger charge is 2.35. The maximum Gasteiger partial charge on any atom is 0.401 e. The van der Waals surface area contributed by atoms with Gasteiger partial charge in [-0.05, 0) is 58.4 Å². The number of rotatable bonds is 5. The monoisotopic (exact) mass is 278 g/mol. The second-order valence-corrected chi connectivity index (χ2v) is 6.44. The summed E-state index contributed by atoms with van der Waals surface area (Å²) in [6.45, 7) is 3.49. The summed E-state index contributed by atoms with van der Waals surface area (Å²) in [6, 6.07) is 1.21. The van der Waals surface area contributed by atoms with Gasteiger partial charge in [0.2, 0.25) is 0 Å². The zero-order chi connectivity index (χ0) is 14.0. The highest BCUT2D eigenvalue weighted by Crippen LogP contribution is 2.33. The first-order valence-electron chi connectivity index (χ1n) is 7.40. The molecule has 2 aliphatic rings. The molecule has 0 aromatic carbocycles. The maximum atomic E-state index is 12.5. The molecule has 0 aromatic heterocycles. The molecule has 0 aliphatic carbocycles. The molecular formula is C14H25F3N2. The molecule has 19 heavy (non-hydrogen) atoms. The minimum absolute atomic E-state index is 0.0416. The van der Waals surface area contributed by atoms with Gasteiger partial charge < -0.3 is 5.32 Å². The summed E-state index contributed by atoms with van der Waals surface area (Å²) in [5.41, 5.74) is 0. The van der Waals surface area contributed by atoms with Gasteiger partial charge in [-0.2, -0.15) is 13.2 Å². The Morgan fingerprint density at radius 2 is 1.74 bits per heavy atom. The van der Waals surface area contributed by atoms with Crippen molar-refractivity contribution in [2.24, 2.45) is 5.92 Å². The van der Waals surface area contributed by atoms with Crippen molar-refractivity contribution in [3.8, 4) is 0 Å². The van der Waals surface area contributed by atoms with Crippen LogP contribution < -0.4 is 5.32 Å². The first-order chi connectivity index (χ1) is 8.83. The number of alkyl halides is 3. The Bertz CT molecular complexity index is 279. The third-order valence-corrected chi connectivity index (χ3v) is 4.51. The van der Waals surface area contributed by atoms with Crippen molar-refractivity contribution in [2.45, 2.75) is 70.3 Å². The van der Waals surface area contributed by atoms with Gasteiger partial charge in [0, 0.05) is 18.1 Å². The number of nitrogens with zero attached hydrogens (tertiary/aromatic N) is 1. The van der Waals surface area contributed by atoms with E-state index in [4.69, 9.17) is 0 Å². The molecule has 0 spiro atoms. The van der Waals surface area contributed by atoms with Gasteiger partial charge in [-0.15, -0.1) is 0 Å². The summed E-state index contributed by atoms with van der Waals surface area (Å²) < 4.78 is 37.5. The molecule has 2 fully saturated rings. The lowest BCUT2D eigenvalue weighted by Gasteiger charge is -2.33. The summed E-state index contributed by atoms with van der Waals surface area (Å²) in [7, 11) is 0. The van der Waals surface area contributed by atoms with E-state index >= 15 is 0 Å². The van der Waals surface area contributed by atoms with Gasteiger partial charge in [0.15, 0.2) is 0 Å². The van der Waals surface area contributed by atoms with E-state index in [1.165, 1.54) is 12.8 Å². The Labute approximate surface area is 113 Å². The minimum atomic E-state index is -4.09. The van der Waals surface area contributed by atoms with Crippen molar-refractivity contribution in [1.29, 1.82) is 0 Å². The Kier molecular flexibility index (Phi) is 4.77. The highest BCUT2D eigenvalue weighted by molar-refractivity contribution is 4.92. The molecule has 2 aliphatic heterocycles. The van der Waals surface area contributed by atoms with Gasteiger partial charge in [0.25, 0.3) is 0 Å². The SMILES string of the molecule is CC(C)N(CCC1CC2CCC(C1)N2)CC(F)(F)F. The standard InChI is InChI=1S/C14H25F3N2/c1-10(2)19(9-14(15,16)17)6-5-11-7-12-3-4-13(8-11)18-12/h10-13,18H,3-9H2,1-2H3. The van der Waals surface area contributed by atoms with Crippen LogP contribution in [0.5, 0.6) is 0 Å². The maximum absolute atomic E-state index is 12.5. The van der Waals surface area contributed by atoms with E-state index in [1.54, 1.807) is 4.90 Å². The molecule has 2 atom stereocenters. The molecule has 2 bridgehead atoms. The van der Waals surface area contributed by atoms with E-state index in [9.17, 15) is 13.2 Å². The van der Waals surface area contributed by atoms with Gasteiger partial charge in [-0.1, -0.05) is 0 Å². The molecule has 0 radical (unpaired) electrons. The molecule has 2 rings (SSSR count). The van der Waals surface area contributed by atoms with Crippen molar-refractivity contribution >= 4 is 0 Å². The smallest absolute Gasteiger partial charge is 0.311 e. The van der Waals surface area contributed by atoms with Gasteiger partial charge in [0.05, 0.1) is 6.54 Å². The van der Waals surface area contributed by atoms with Crippen molar-refractivity contribution < 1.29 is 13.2 Å². The highest BCUT2D eigenvalue weighted by atomic mass is 19.4. The zero-order valence-corrected chi connectivity index (χ0v) is 11.8. The fourth-order valence-corrected chi connectivity index (χ4v) is 3.51. The Morgan fingerprint density at radius 3 is 2.21 bits per heavy atom. The van der Waals surface area contributed by atoms with E-state index in [1.807, 2.05) is 13.8 Å². The molecule has 2 heterocycles. The number of hydrogen-bond acceptors (Lipinski definition) is 2. The van der Waals surface area contributed by atoms with E-state index in [-0.39, 0.29) is 6.04 Å². The predicted molar refractivity (Wildman–Crippen MR) is 70.1 cm³/mol. The van der Waals surface area contributed by atoms with Gasteiger partial charge in [0.1, 0.15) is 0 Å². The topological polar surface area (TPSA) is 15.3 Å². The summed E-state index contributed by atoms with van der Waals surface area (Å²) in [6.07, 6.45) is 1.61. The number of nitrogens with one attached hydrogen (secondary N) is 1. The van der Waals surface area contributed by atoms with Crippen molar-refractivity contribution in [2.75, 3.05) is 13.1 Å². The Morgan fingerprint density at radius 1 is 1.16 bits per heavy atom. The summed E-state index contributed by atoms with van der Waals surface area (Å²) in [4.78, 5) is 1.56. The molecule has 112 valence electrons. The second kappa shape index (κ2) is 6.00. The van der Waals surface area contributed by atoms with Crippen LogP contribution in [0.25, 0.3) is 0 Å². The number of halogens is 3. The first kappa shape index (κ1) is 15.1. The molecule has 0 aromatic rings. The summed E-state index contributed by atoms with van der Waals surface area (Å²) in [5.74, 6) is 0.605. The van der Waals surface area contributed by atoms with Crippen LogP contribution in [0.3, 0.4) is 0 Å². The largest absolute Gasteiger partial charge is 0.401 e. The second-order valence-electron chi connectivity index (χ2n) is 6.44. The third kappa shape index (κ3) is 4.63. The van der Waals surface area contributed by atoms with Crippen molar-refractivity contribution in [3.63, 3.8) is 0 Å². The molecular weight excluding hydrogens is 253 g/mol. The lowest BCUT2D eigenvalue weighted by molar-refractivity contribution is -0.150. The van der Waals surface area contributed by atoms with Crippen LogP contribution in [-0.4, -0.2) is 42.3 Å². The minimum Gasteiger partial charge on any atom is -0.311 e. The molecule has 0 saturated carbocycles. The fourth-order valence-electron chi connectivity index (χ4n) is 3.51. The Hall–Kier alpha value is -0.290. The van der Waals surface area contributed by atoms with Gasteiger partial charge >= 0.3 is 6.18 Å². The van der Waals surface area contributed by atoms with Crippen LogP contribution in [0.1, 0.15) is 46.0 Å².